The third-order valence-corrected chi connectivity index (χ3v) is 4.35. The van der Waals surface area contributed by atoms with Gasteiger partial charge in [-0.15, -0.1) is 11.3 Å². The number of amides is 1. The van der Waals surface area contributed by atoms with Gasteiger partial charge < -0.3 is 24.3 Å². The molecule has 156 valence electrons. The van der Waals surface area contributed by atoms with E-state index in [0.717, 1.165) is 0 Å². The van der Waals surface area contributed by atoms with Crippen molar-refractivity contribution in [2.45, 2.75) is 26.4 Å². The summed E-state index contributed by atoms with van der Waals surface area (Å²) >= 11 is 1.26. The highest BCUT2D eigenvalue weighted by atomic mass is 32.1. The second-order valence-electron chi connectivity index (χ2n) is 6.85. The summed E-state index contributed by atoms with van der Waals surface area (Å²) in [5, 5.41) is 4.43. The maximum Gasteiger partial charge on any atom is 0.344 e. The molecule has 1 aromatic heterocycles. The number of carbonyl (C=O) groups is 3. The molecule has 1 heterocycles. The van der Waals surface area contributed by atoms with E-state index in [1.165, 1.54) is 37.7 Å². The van der Waals surface area contributed by atoms with Crippen LogP contribution in [0, 0.1) is 0 Å². The van der Waals surface area contributed by atoms with Crippen LogP contribution >= 0.6 is 11.3 Å². The molecule has 9 heteroatoms. The number of esters is 2. The number of methoxy groups -OCH3 is 2. The van der Waals surface area contributed by atoms with Gasteiger partial charge >= 0.3 is 11.9 Å². The molecule has 0 unspecified atom stereocenters. The molecule has 0 aliphatic carbocycles. The van der Waals surface area contributed by atoms with Crippen molar-refractivity contribution in [3.05, 3.63) is 40.1 Å². The molecule has 0 aliphatic rings. The Bertz CT molecular complexity index is 885. The van der Waals surface area contributed by atoms with Crippen molar-refractivity contribution in [1.29, 1.82) is 0 Å². The van der Waals surface area contributed by atoms with Crippen molar-refractivity contribution in [2.75, 3.05) is 26.1 Å². The Morgan fingerprint density at radius 1 is 1.07 bits per heavy atom. The highest BCUT2D eigenvalue weighted by Gasteiger charge is 2.23. The Balaban J connectivity index is 2.26. The molecule has 2 rings (SSSR count). The van der Waals surface area contributed by atoms with E-state index < -0.39 is 30.1 Å². The third-order valence-electron chi connectivity index (χ3n) is 3.48. The zero-order valence-corrected chi connectivity index (χ0v) is 17.7. The highest BCUT2D eigenvalue weighted by molar-refractivity contribution is 7.12. The van der Waals surface area contributed by atoms with Crippen LogP contribution in [0.2, 0.25) is 0 Å². The number of ether oxygens (including phenoxy) is 4. The summed E-state index contributed by atoms with van der Waals surface area (Å²) in [6.07, 6.45) is 0. The molecular formula is C20H23NO7S. The van der Waals surface area contributed by atoms with Crippen LogP contribution in [0.25, 0.3) is 0 Å². The zero-order valence-electron chi connectivity index (χ0n) is 16.9. The number of carbonyl (C=O) groups excluding carboxylic acids is 3. The van der Waals surface area contributed by atoms with E-state index in [1.54, 1.807) is 38.3 Å². The van der Waals surface area contributed by atoms with Crippen LogP contribution in [0.3, 0.4) is 0 Å². The molecule has 8 nitrogen and oxygen atoms in total. The lowest BCUT2D eigenvalue weighted by atomic mass is 10.1. The fourth-order valence-electron chi connectivity index (χ4n) is 2.32. The van der Waals surface area contributed by atoms with Gasteiger partial charge in [0.2, 0.25) is 0 Å². The van der Waals surface area contributed by atoms with Crippen molar-refractivity contribution in [3.63, 3.8) is 0 Å². The lowest BCUT2D eigenvalue weighted by Gasteiger charge is -2.19. The molecule has 0 saturated heterocycles. The molecule has 0 spiro atoms. The van der Waals surface area contributed by atoms with Gasteiger partial charge in [0, 0.05) is 12.1 Å². The molecule has 0 atom stereocenters. The minimum absolute atomic E-state index is 0.0103. The van der Waals surface area contributed by atoms with Gasteiger partial charge in [0.25, 0.3) is 5.91 Å². The lowest BCUT2D eigenvalue weighted by Crippen LogP contribution is -2.27. The minimum atomic E-state index is -0.821. The molecule has 0 fully saturated rings. The molecule has 1 amide bonds. The van der Waals surface area contributed by atoms with E-state index in [4.69, 9.17) is 18.9 Å². The molecular weight excluding hydrogens is 398 g/mol. The van der Waals surface area contributed by atoms with Gasteiger partial charge in [-0.1, -0.05) is 6.07 Å². The largest absolute Gasteiger partial charge is 0.493 e. The quantitative estimate of drug-likeness (QED) is 0.683. The average Bonchev–Trinajstić information content (AvgIpc) is 3.19. The van der Waals surface area contributed by atoms with Crippen molar-refractivity contribution < 1.29 is 33.3 Å². The second-order valence-corrected chi connectivity index (χ2v) is 7.79. The fourth-order valence-corrected chi connectivity index (χ4v) is 2.94. The van der Waals surface area contributed by atoms with Gasteiger partial charge in [0.05, 0.1) is 30.3 Å². The van der Waals surface area contributed by atoms with E-state index in [-0.39, 0.29) is 17.0 Å². The first-order valence-electron chi connectivity index (χ1n) is 8.64. The summed E-state index contributed by atoms with van der Waals surface area (Å²) in [5.74, 6) is -1.31. The van der Waals surface area contributed by atoms with Crippen LogP contribution in [-0.2, 0) is 14.3 Å². The number of anilines is 1. The Kier molecular flexibility index (Phi) is 7.22. The van der Waals surface area contributed by atoms with Crippen LogP contribution in [0.1, 0.15) is 40.8 Å². The predicted molar refractivity (Wildman–Crippen MR) is 108 cm³/mol. The van der Waals surface area contributed by atoms with E-state index in [9.17, 15) is 14.4 Å². The van der Waals surface area contributed by atoms with Crippen molar-refractivity contribution in [1.82, 2.24) is 0 Å². The summed E-state index contributed by atoms with van der Waals surface area (Å²) in [6, 6.07) is 6.22. The molecule has 1 N–H and O–H groups in total. The number of hydrogen-bond donors (Lipinski definition) is 1. The number of nitrogens with one attached hydrogen (secondary N) is 1. The topological polar surface area (TPSA) is 100 Å². The van der Waals surface area contributed by atoms with Gasteiger partial charge in [-0.3, -0.25) is 4.79 Å². The molecule has 0 radical (unpaired) electrons. The zero-order chi connectivity index (χ0) is 21.6. The SMILES string of the molecule is COc1cc(NC(=O)c2cccs2)c(C(=O)OCC(=O)OC(C)(C)C)cc1OC. The smallest absolute Gasteiger partial charge is 0.344 e. The van der Waals surface area contributed by atoms with Gasteiger partial charge in [-0.2, -0.15) is 0 Å². The van der Waals surface area contributed by atoms with Crippen molar-refractivity contribution in [2.24, 2.45) is 0 Å². The number of thiophene rings is 1. The molecule has 29 heavy (non-hydrogen) atoms. The minimum Gasteiger partial charge on any atom is -0.493 e. The molecule has 0 aliphatic heterocycles. The van der Waals surface area contributed by atoms with E-state index in [2.05, 4.69) is 5.32 Å². The molecule has 0 saturated carbocycles. The maximum absolute atomic E-state index is 12.6. The van der Waals surface area contributed by atoms with Gasteiger partial charge in [-0.05, 0) is 32.2 Å². The normalized spacial score (nSPS) is 10.8. The summed E-state index contributed by atoms with van der Waals surface area (Å²) in [6.45, 7) is 4.56. The first kappa shape index (κ1) is 22.2. The van der Waals surface area contributed by atoms with Gasteiger partial charge in [0.1, 0.15) is 5.60 Å². The first-order valence-corrected chi connectivity index (χ1v) is 9.52. The Labute approximate surface area is 172 Å². The number of hydrogen-bond acceptors (Lipinski definition) is 8. The molecule has 0 bridgehead atoms. The van der Waals surface area contributed by atoms with Crippen LogP contribution in [0.4, 0.5) is 5.69 Å². The molecule has 2 aromatic rings. The van der Waals surface area contributed by atoms with Gasteiger partial charge in [0.15, 0.2) is 18.1 Å². The standard InChI is InChI=1S/C20H23NO7S/c1-20(2,3)28-17(22)11-27-19(24)12-9-14(25-4)15(26-5)10-13(12)21-18(23)16-7-6-8-29-16/h6-10H,11H2,1-5H3,(H,21,23). The molecule has 1 aromatic carbocycles. The van der Waals surface area contributed by atoms with Crippen LogP contribution in [0.5, 0.6) is 11.5 Å². The van der Waals surface area contributed by atoms with Crippen LogP contribution in [-0.4, -0.2) is 44.3 Å². The van der Waals surface area contributed by atoms with E-state index in [0.29, 0.717) is 10.6 Å². The van der Waals surface area contributed by atoms with Crippen molar-refractivity contribution >= 4 is 34.9 Å². The fraction of sp³-hybridized carbons (Fsp3) is 0.350. The average molecular weight is 421 g/mol. The number of rotatable bonds is 7. The van der Waals surface area contributed by atoms with Crippen molar-refractivity contribution in [3.8, 4) is 11.5 Å². The maximum atomic E-state index is 12.6. The summed E-state index contributed by atoms with van der Waals surface area (Å²) in [5.41, 5.74) is -0.529. The highest BCUT2D eigenvalue weighted by Crippen LogP contribution is 2.34. The van der Waals surface area contributed by atoms with Crippen LogP contribution < -0.4 is 14.8 Å². The monoisotopic (exact) mass is 421 g/mol. The lowest BCUT2D eigenvalue weighted by molar-refractivity contribution is -0.158. The Hall–Kier alpha value is -3.07. The Morgan fingerprint density at radius 2 is 1.72 bits per heavy atom. The van der Waals surface area contributed by atoms with E-state index >= 15 is 0 Å². The second kappa shape index (κ2) is 9.42. The first-order chi connectivity index (χ1) is 13.6. The summed E-state index contributed by atoms with van der Waals surface area (Å²) in [4.78, 5) is 37.3. The van der Waals surface area contributed by atoms with Crippen LogP contribution in [0.15, 0.2) is 29.6 Å². The Morgan fingerprint density at radius 3 is 2.28 bits per heavy atom. The van der Waals surface area contributed by atoms with E-state index in [1.807, 2.05) is 0 Å². The van der Waals surface area contributed by atoms with Gasteiger partial charge in [-0.25, -0.2) is 9.59 Å². The number of benzene rings is 1. The third kappa shape index (κ3) is 6.21. The summed E-state index contributed by atoms with van der Waals surface area (Å²) < 4.78 is 20.6. The predicted octanol–water partition coefficient (Wildman–Crippen LogP) is 3.52. The summed E-state index contributed by atoms with van der Waals surface area (Å²) in [7, 11) is 2.85.